The average Bonchev–Trinajstić information content (AvgIpc) is 2.69. The number of hydrogen-bond acceptors (Lipinski definition) is 2. The van der Waals surface area contributed by atoms with Crippen LogP contribution in [-0.2, 0) is 6.18 Å². The van der Waals surface area contributed by atoms with Gasteiger partial charge in [0.25, 0.3) is 5.91 Å². The van der Waals surface area contributed by atoms with Gasteiger partial charge < -0.3 is 15.5 Å². The van der Waals surface area contributed by atoms with Gasteiger partial charge in [-0.25, -0.2) is 4.79 Å². The minimum Gasteiger partial charge on any atom is -0.349 e. The minimum absolute atomic E-state index is 0.0506. The van der Waals surface area contributed by atoms with Gasteiger partial charge in [0.1, 0.15) is 0 Å². The predicted octanol–water partition coefficient (Wildman–Crippen LogP) is 4.13. The highest BCUT2D eigenvalue weighted by molar-refractivity contribution is 5.94. The number of urea groups is 1. The molecule has 0 radical (unpaired) electrons. The van der Waals surface area contributed by atoms with Crippen LogP contribution in [0, 0.1) is 0 Å². The summed E-state index contributed by atoms with van der Waals surface area (Å²) in [6, 6.07) is 12.9. The van der Waals surface area contributed by atoms with E-state index >= 15 is 0 Å². The number of hydrogen-bond donors (Lipinski definition) is 2. The van der Waals surface area contributed by atoms with Gasteiger partial charge in [0.2, 0.25) is 0 Å². The van der Waals surface area contributed by atoms with Crippen molar-refractivity contribution < 1.29 is 22.8 Å². The summed E-state index contributed by atoms with van der Waals surface area (Å²) in [7, 11) is 0. The Labute approximate surface area is 160 Å². The Morgan fingerprint density at radius 3 is 2.29 bits per heavy atom. The molecular weight excluding hydrogens is 371 g/mol. The van der Waals surface area contributed by atoms with Crippen LogP contribution in [0.1, 0.15) is 28.8 Å². The monoisotopic (exact) mass is 391 g/mol. The first-order chi connectivity index (χ1) is 13.3. The Hall–Kier alpha value is -3.03. The second kappa shape index (κ2) is 8.33. The molecule has 0 spiro atoms. The molecule has 3 rings (SSSR count). The van der Waals surface area contributed by atoms with Crippen molar-refractivity contribution >= 4 is 17.6 Å². The molecule has 1 fully saturated rings. The fraction of sp³-hybridized carbons (Fsp3) is 0.300. The van der Waals surface area contributed by atoms with E-state index in [4.69, 9.17) is 0 Å². The zero-order chi connectivity index (χ0) is 20.1. The Morgan fingerprint density at radius 1 is 0.964 bits per heavy atom. The van der Waals surface area contributed by atoms with Crippen molar-refractivity contribution in [2.45, 2.75) is 25.1 Å². The fourth-order valence-corrected chi connectivity index (χ4v) is 3.06. The number of nitrogens with one attached hydrogen (secondary N) is 2. The molecule has 0 atom stereocenters. The van der Waals surface area contributed by atoms with Gasteiger partial charge in [-0.05, 0) is 43.2 Å². The van der Waals surface area contributed by atoms with Crippen LogP contribution in [0.25, 0.3) is 0 Å². The van der Waals surface area contributed by atoms with E-state index in [1.54, 1.807) is 24.3 Å². The van der Waals surface area contributed by atoms with Gasteiger partial charge in [-0.2, -0.15) is 13.2 Å². The maximum atomic E-state index is 12.8. The molecule has 0 bridgehead atoms. The van der Waals surface area contributed by atoms with E-state index in [1.165, 1.54) is 17.0 Å². The predicted molar refractivity (Wildman–Crippen MR) is 99.0 cm³/mol. The number of carbonyl (C=O) groups is 2. The van der Waals surface area contributed by atoms with Crippen LogP contribution >= 0.6 is 0 Å². The molecule has 0 aliphatic carbocycles. The van der Waals surface area contributed by atoms with Crippen molar-refractivity contribution in [3.05, 3.63) is 65.7 Å². The van der Waals surface area contributed by atoms with E-state index in [0.29, 0.717) is 31.5 Å². The molecule has 1 aliphatic heterocycles. The second-order valence-corrected chi connectivity index (χ2v) is 6.61. The molecular formula is C20H20F3N3O2. The topological polar surface area (TPSA) is 61.4 Å². The Bertz CT molecular complexity index is 832. The Kier molecular flexibility index (Phi) is 5.87. The lowest BCUT2D eigenvalue weighted by atomic mass is 10.0. The highest BCUT2D eigenvalue weighted by Gasteiger charge is 2.31. The summed E-state index contributed by atoms with van der Waals surface area (Å²) < 4.78 is 38.3. The summed E-state index contributed by atoms with van der Waals surface area (Å²) >= 11 is 0. The van der Waals surface area contributed by atoms with Crippen molar-refractivity contribution in [1.82, 2.24) is 10.2 Å². The van der Waals surface area contributed by atoms with E-state index < -0.39 is 17.8 Å². The SMILES string of the molecule is O=C(NC1CCN(C(=O)Nc2cccc(C(F)(F)F)c2)CC1)c1ccccc1. The van der Waals surface area contributed by atoms with Gasteiger partial charge >= 0.3 is 12.2 Å². The molecule has 0 aromatic heterocycles. The van der Waals surface area contributed by atoms with Crippen LogP contribution in [0.2, 0.25) is 0 Å². The highest BCUT2D eigenvalue weighted by atomic mass is 19.4. The summed E-state index contributed by atoms with van der Waals surface area (Å²) in [5.41, 5.74) is -0.140. The van der Waals surface area contributed by atoms with Gasteiger partial charge in [-0.1, -0.05) is 24.3 Å². The molecule has 1 aliphatic rings. The number of alkyl halides is 3. The van der Waals surface area contributed by atoms with Crippen LogP contribution in [0.15, 0.2) is 54.6 Å². The molecule has 1 heterocycles. The first-order valence-corrected chi connectivity index (χ1v) is 8.92. The standard InChI is InChI=1S/C20H20F3N3O2/c21-20(22,23)15-7-4-8-17(13-15)25-19(28)26-11-9-16(10-12-26)24-18(27)14-5-2-1-3-6-14/h1-8,13,16H,9-12H2,(H,24,27)(H,25,28). The number of piperidine rings is 1. The van der Waals surface area contributed by atoms with Crippen LogP contribution in [0.5, 0.6) is 0 Å². The second-order valence-electron chi connectivity index (χ2n) is 6.61. The summed E-state index contributed by atoms with van der Waals surface area (Å²) in [6.07, 6.45) is -3.31. The minimum atomic E-state index is -4.46. The number of nitrogens with zero attached hydrogens (tertiary/aromatic N) is 1. The summed E-state index contributed by atoms with van der Waals surface area (Å²) in [6.45, 7) is 0.815. The molecule has 0 unspecified atom stereocenters. The first kappa shape index (κ1) is 19.7. The van der Waals surface area contributed by atoms with Gasteiger partial charge in [0, 0.05) is 30.4 Å². The normalized spacial score (nSPS) is 15.2. The molecule has 2 aromatic carbocycles. The van der Waals surface area contributed by atoms with Crippen LogP contribution in [-0.4, -0.2) is 36.0 Å². The lowest BCUT2D eigenvalue weighted by Crippen LogP contribution is -2.47. The van der Waals surface area contributed by atoms with Crippen LogP contribution in [0.3, 0.4) is 0 Å². The van der Waals surface area contributed by atoms with E-state index in [-0.39, 0.29) is 17.6 Å². The summed E-state index contributed by atoms with van der Waals surface area (Å²) in [5, 5.41) is 5.45. The Morgan fingerprint density at radius 2 is 1.64 bits per heavy atom. The van der Waals surface area contributed by atoms with Gasteiger partial charge in [-0.15, -0.1) is 0 Å². The molecule has 28 heavy (non-hydrogen) atoms. The maximum Gasteiger partial charge on any atom is 0.416 e. The zero-order valence-electron chi connectivity index (χ0n) is 15.0. The molecule has 8 heteroatoms. The molecule has 2 N–H and O–H groups in total. The van der Waals surface area contributed by atoms with E-state index in [0.717, 1.165) is 12.1 Å². The van der Waals surface area contributed by atoms with Crippen LogP contribution in [0.4, 0.5) is 23.7 Å². The zero-order valence-corrected chi connectivity index (χ0v) is 15.0. The third-order valence-corrected chi connectivity index (χ3v) is 4.59. The van der Waals surface area contributed by atoms with Crippen molar-refractivity contribution in [3.8, 4) is 0 Å². The number of rotatable bonds is 3. The average molecular weight is 391 g/mol. The largest absolute Gasteiger partial charge is 0.416 e. The van der Waals surface area contributed by atoms with E-state index in [2.05, 4.69) is 10.6 Å². The quantitative estimate of drug-likeness (QED) is 0.827. The fourth-order valence-electron chi connectivity index (χ4n) is 3.06. The first-order valence-electron chi connectivity index (χ1n) is 8.92. The van der Waals surface area contributed by atoms with E-state index in [9.17, 15) is 22.8 Å². The van der Waals surface area contributed by atoms with Gasteiger partial charge in [0.05, 0.1) is 5.56 Å². The summed E-state index contributed by atoms with van der Waals surface area (Å²) in [4.78, 5) is 26.0. The van der Waals surface area contributed by atoms with Crippen molar-refractivity contribution in [3.63, 3.8) is 0 Å². The van der Waals surface area contributed by atoms with E-state index in [1.807, 2.05) is 6.07 Å². The third kappa shape index (κ3) is 5.03. The molecule has 5 nitrogen and oxygen atoms in total. The molecule has 148 valence electrons. The number of carbonyl (C=O) groups excluding carboxylic acids is 2. The smallest absolute Gasteiger partial charge is 0.349 e. The van der Waals surface area contributed by atoms with Crippen molar-refractivity contribution in [2.24, 2.45) is 0 Å². The molecule has 1 saturated heterocycles. The Balaban J connectivity index is 1.51. The number of benzene rings is 2. The molecule has 3 amide bonds. The van der Waals surface area contributed by atoms with Crippen molar-refractivity contribution in [2.75, 3.05) is 18.4 Å². The van der Waals surface area contributed by atoms with Crippen molar-refractivity contribution in [1.29, 1.82) is 0 Å². The summed E-state index contributed by atoms with van der Waals surface area (Å²) in [5.74, 6) is -0.160. The number of halogens is 3. The maximum absolute atomic E-state index is 12.8. The van der Waals surface area contributed by atoms with Gasteiger partial charge in [0.15, 0.2) is 0 Å². The number of likely N-dealkylation sites (tertiary alicyclic amines) is 1. The van der Waals surface area contributed by atoms with Crippen LogP contribution < -0.4 is 10.6 Å². The lowest BCUT2D eigenvalue weighted by Gasteiger charge is -2.32. The third-order valence-electron chi connectivity index (χ3n) is 4.59. The van der Waals surface area contributed by atoms with Gasteiger partial charge in [-0.3, -0.25) is 4.79 Å². The highest BCUT2D eigenvalue weighted by Crippen LogP contribution is 2.30. The number of anilines is 1. The lowest BCUT2D eigenvalue weighted by molar-refractivity contribution is -0.137. The number of amides is 3. The molecule has 0 saturated carbocycles. The molecule has 2 aromatic rings.